The number of aromatic nitrogens is 1. The van der Waals surface area contributed by atoms with Gasteiger partial charge in [-0.15, -0.1) is 11.3 Å². The topological polar surface area (TPSA) is 48.7 Å². The molecule has 1 unspecified atom stereocenters. The van der Waals surface area contributed by atoms with E-state index in [1.165, 1.54) is 4.88 Å². The average molecular weight is 237 g/mol. The fourth-order valence-electron chi connectivity index (χ4n) is 1.32. The van der Waals surface area contributed by atoms with Crippen LogP contribution in [0.3, 0.4) is 0 Å². The van der Waals surface area contributed by atoms with E-state index in [-0.39, 0.29) is 11.5 Å². The van der Waals surface area contributed by atoms with Crippen LogP contribution >= 0.6 is 11.3 Å². The van der Waals surface area contributed by atoms with Gasteiger partial charge in [0.2, 0.25) is 0 Å². The SMILES string of the molecule is Cc1cnc(C(C)NCCC(C)(C)C#N)s1. The van der Waals surface area contributed by atoms with Gasteiger partial charge in [-0.1, -0.05) is 0 Å². The molecule has 0 fully saturated rings. The summed E-state index contributed by atoms with van der Waals surface area (Å²) in [5.41, 5.74) is -0.245. The Morgan fingerprint density at radius 2 is 2.31 bits per heavy atom. The van der Waals surface area contributed by atoms with Crippen molar-refractivity contribution in [3.05, 3.63) is 16.1 Å². The smallest absolute Gasteiger partial charge is 0.109 e. The second-order valence-electron chi connectivity index (χ2n) is 4.73. The third kappa shape index (κ3) is 3.92. The first-order valence-corrected chi connectivity index (χ1v) is 6.33. The minimum Gasteiger partial charge on any atom is -0.308 e. The maximum absolute atomic E-state index is 8.89. The lowest BCUT2D eigenvalue weighted by atomic mass is 9.91. The van der Waals surface area contributed by atoms with Crippen LogP contribution in [0.1, 0.15) is 43.1 Å². The van der Waals surface area contributed by atoms with Crippen molar-refractivity contribution in [1.82, 2.24) is 10.3 Å². The van der Waals surface area contributed by atoms with E-state index in [2.05, 4.69) is 30.2 Å². The number of rotatable bonds is 5. The quantitative estimate of drug-likeness (QED) is 0.856. The van der Waals surface area contributed by atoms with Crippen molar-refractivity contribution in [2.75, 3.05) is 6.54 Å². The Hall–Kier alpha value is -0.920. The maximum Gasteiger partial charge on any atom is 0.109 e. The van der Waals surface area contributed by atoms with Crippen molar-refractivity contribution in [2.24, 2.45) is 5.41 Å². The van der Waals surface area contributed by atoms with Gasteiger partial charge in [-0.05, 0) is 40.7 Å². The standard InChI is InChI=1S/C12H19N3S/c1-9-7-15-11(16-9)10(2)14-6-5-12(3,4)8-13/h7,10,14H,5-6H2,1-4H3. The van der Waals surface area contributed by atoms with Gasteiger partial charge in [0.05, 0.1) is 17.5 Å². The number of thiazole rings is 1. The van der Waals surface area contributed by atoms with Crippen LogP contribution in [0.15, 0.2) is 6.20 Å². The van der Waals surface area contributed by atoms with Gasteiger partial charge in [-0.25, -0.2) is 4.98 Å². The molecule has 1 N–H and O–H groups in total. The molecule has 0 aliphatic rings. The Morgan fingerprint density at radius 1 is 1.62 bits per heavy atom. The highest BCUT2D eigenvalue weighted by atomic mass is 32.1. The number of nitriles is 1. The van der Waals surface area contributed by atoms with Crippen molar-refractivity contribution >= 4 is 11.3 Å². The molecule has 0 amide bonds. The molecule has 1 aromatic heterocycles. The molecule has 0 aliphatic carbocycles. The minimum absolute atomic E-state index is 0.245. The van der Waals surface area contributed by atoms with E-state index < -0.39 is 0 Å². The molecular formula is C12H19N3S. The first kappa shape index (κ1) is 13.1. The molecule has 88 valence electrons. The van der Waals surface area contributed by atoms with Gasteiger partial charge in [0.25, 0.3) is 0 Å². The summed E-state index contributed by atoms with van der Waals surface area (Å²) in [7, 11) is 0. The summed E-state index contributed by atoms with van der Waals surface area (Å²) < 4.78 is 0. The first-order chi connectivity index (χ1) is 7.44. The lowest BCUT2D eigenvalue weighted by Gasteiger charge is -2.17. The zero-order valence-corrected chi connectivity index (χ0v) is 11.2. The first-order valence-electron chi connectivity index (χ1n) is 5.51. The third-order valence-electron chi connectivity index (χ3n) is 2.51. The summed E-state index contributed by atoms with van der Waals surface area (Å²) in [4.78, 5) is 5.58. The average Bonchev–Trinajstić information content (AvgIpc) is 2.64. The van der Waals surface area contributed by atoms with Crippen LogP contribution in [-0.2, 0) is 0 Å². The van der Waals surface area contributed by atoms with Gasteiger partial charge in [-0.3, -0.25) is 0 Å². The molecule has 0 saturated carbocycles. The van der Waals surface area contributed by atoms with Crippen LogP contribution in [0, 0.1) is 23.7 Å². The summed E-state index contributed by atoms with van der Waals surface area (Å²) in [5, 5.41) is 13.4. The second kappa shape index (κ2) is 5.42. The minimum atomic E-state index is -0.245. The summed E-state index contributed by atoms with van der Waals surface area (Å²) in [6.07, 6.45) is 2.76. The number of nitrogens with one attached hydrogen (secondary N) is 1. The van der Waals surface area contributed by atoms with E-state index in [9.17, 15) is 0 Å². The van der Waals surface area contributed by atoms with Crippen LogP contribution in [-0.4, -0.2) is 11.5 Å². The summed E-state index contributed by atoms with van der Waals surface area (Å²) in [6, 6.07) is 2.58. The summed E-state index contributed by atoms with van der Waals surface area (Å²) in [5.74, 6) is 0. The molecule has 3 nitrogen and oxygen atoms in total. The largest absolute Gasteiger partial charge is 0.308 e. The fraction of sp³-hybridized carbons (Fsp3) is 0.667. The zero-order chi connectivity index (χ0) is 12.2. The molecule has 1 heterocycles. The van der Waals surface area contributed by atoms with E-state index >= 15 is 0 Å². The van der Waals surface area contributed by atoms with Crippen molar-refractivity contribution < 1.29 is 0 Å². The summed E-state index contributed by atoms with van der Waals surface area (Å²) in [6.45, 7) is 8.95. The number of aryl methyl sites for hydroxylation is 1. The summed E-state index contributed by atoms with van der Waals surface area (Å²) >= 11 is 1.72. The molecule has 0 aromatic carbocycles. The highest BCUT2D eigenvalue weighted by Gasteiger charge is 2.17. The molecule has 1 atom stereocenters. The van der Waals surface area contributed by atoms with Gasteiger partial charge < -0.3 is 5.32 Å². The monoisotopic (exact) mass is 237 g/mol. The molecule has 0 bridgehead atoms. The van der Waals surface area contributed by atoms with Gasteiger partial charge in [0.1, 0.15) is 5.01 Å². The molecule has 0 saturated heterocycles. The number of nitrogens with zero attached hydrogens (tertiary/aromatic N) is 2. The molecule has 1 aromatic rings. The molecule has 1 rings (SSSR count). The van der Waals surface area contributed by atoms with Crippen LogP contribution < -0.4 is 5.32 Å². The normalized spacial score (nSPS) is 13.4. The van der Waals surface area contributed by atoms with Gasteiger partial charge in [0, 0.05) is 11.1 Å². The zero-order valence-electron chi connectivity index (χ0n) is 10.4. The molecule has 0 spiro atoms. The van der Waals surface area contributed by atoms with E-state index in [0.29, 0.717) is 0 Å². The number of hydrogen-bond acceptors (Lipinski definition) is 4. The van der Waals surface area contributed by atoms with Gasteiger partial charge >= 0.3 is 0 Å². The fourth-order valence-corrected chi connectivity index (χ4v) is 2.12. The van der Waals surface area contributed by atoms with E-state index in [1.807, 2.05) is 20.0 Å². The Kier molecular flexibility index (Phi) is 4.45. The van der Waals surface area contributed by atoms with E-state index in [4.69, 9.17) is 5.26 Å². The second-order valence-corrected chi connectivity index (χ2v) is 6.00. The molecule has 4 heteroatoms. The van der Waals surface area contributed by atoms with Crippen LogP contribution in [0.25, 0.3) is 0 Å². The van der Waals surface area contributed by atoms with Crippen LogP contribution in [0.2, 0.25) is 0 Å². The highest BCUT2D eigenvalue weighted by molar-refractivity contribution is 7.11. The predicted molar refractivity (Wildman–Crippen MR) is 67.3 cm³/mol. The van der Waals surface area contributed by atoms with Gasteiger partial charge in [0.15, 0.2) is 0 Å². The molecule has 0 aliphatic heterocycles. The Balaban J connectivity index is 2.37. The highest BCUT2D eigenvalue weighted by Crippen LogP contribution is 2.21. The van der Waals surface area contributed by atoms with Crippen molar-refractivity contribution in [3.8, 4) is 6.07 Å². The third-order valence-corrected chi connectivity index (χ3v) is 3.61. The lowest BCUT2D eigenvalue weighted by Crippen LogP contribution is -2.24. The van der Waals surface area contributed by atoms with E-state index in [1.54, 1.807) is 11.3 Å². The molecule has 0 radical (unpaired) electrons. The Morgan fingerprint density at radius 3 is 2.81 bits per heavy atom. The number of hydrogen-bond donors (Lipinski definition) is 1. The van der Waals surface area contributed by atoms with Gasteiger partial charge in [-0.2, -0.15) is 5.26 Å². The van der Waals surface area contributed by atoms with E-state index in [0.717, 1.165) is 18.0 Å². The maximum atomic E-state index is 8.89. The van der Waals surface area contributed by atoms with Crippen LogP contribution in [0.4, 0.5) is 0 Å². The van der Waals surface area contributed by atoms with Crippen molar-refractivity contribution in [2.45, 2.75) is 40.2 Å². The molecule has 16 heavy (non-hydrogen) atoms. The molecular weight excluding hydrogens is 218 g/mol. The van der Waals surface area contributed by atoms with Crippen molar-refractivity contribution in [3.63, 3.8) is 0 Å². The predicted octanol–water partition coefficient (Wildman–Crippen LogP) is 3.04. The Bertz CT molecular complexity index is 376. The van der Waals surface area contributed by atoms with Crippen LogP contribution in [0.5, 0.6) is 0 Å². The van der Waals surface area contributed by atoms with Crippen molar-refractivity contribution in [1.29, 1.82) is 5.26 Å². The lowest BCUT2D eigenvalue weighted by molar-refractivity contribution is 0.416. The Labute approximate surface area is 102 Å².